The highest BCUT2D eigenvalue weighted by atomic mass is 16.6. The predicted molar refractivity (Wildman–Crippen MR) is 111 cm³/mol. The van der Waals surface area contributed by atoms with E-state index in [1.807, 2.05) is 18.2 Å². The molecule has 1 unspecified atom stereocenters. The van der Waals surface area contributed by atoms with E-state index in [2.05, 4.69) is 29.3 Å². The highest BCUT2D eigenvalue weighted by Gasteiger charge is 2.27. The van der Waals surface area contributed by atoms with Gasteiger partial charge in [0.2, 0.25) is 0 Å². The van der Waals surface area contributed by atoms with Crippen molar-refractivity contribution in [1.82, 2.24) is 10.2 Å². The number of amides is 1. The fourth-order valence-electron chi connectivity index (χ4n) is 3.73. The lowest BCUT2D eigenvalue weighted by Gasteiger charge is -2.36. The maximum atomic E-state index is 12.7. The monoisotopic (exact) mass is 398 g/mol. The maximum Gasteiger partial charge on any atom is 0.293 e. The number of nitrogens with one attached hydrogen (secondary N) is 1. The number of methoxy groups -OCH3 is 1. The van der Waals surface area contributed by atoms with Crippen molar-refractivity contribution in [2.24, 2.45) is 0 Å². The van der Waals surface area contributed by atoms with Crippen LogP contribution in [0.3, 0.4) is 0 Å². The van der Waals surface area contributed by atoms with E-state index in [0.29, 0.717) is 6.04 Å². The maximum absolute atomic E-state index is 12.7. The number of nitrogen functional groups attached to an aromatic ring is 1. The zero-order valence-electron chi connectivity index (χ0n) is 16.6. The standard InChI is InChI=1S/C21H26N4O4/c1-14(15-6-4-3-5-7-15)24-10-8-16(9-11-24)23-21(26)17-12-19(25(27)28)18(22)13-20(17)29-2/h3-7,12-14,16H,8-11,22H2,1-2H3,(H,23,26). The van der Waals surface area contributed by atoms with Crippen LogP contribution < -0.4 is 15.8 Å². The molecule has 1 amide bonds. The minimum absolute atomic E-state index is 0.00281. The molecule has 29 heavy (non-hydrogen) atoms. The largest absolute Gasteiger partial charge is 0.496 e. The van der Waals surface area contributed by atoms with Gasteiger partial charge in [-0.1, -0.05) is 30.3 Å². The van der Waals surface area contributed by atoms with E-state index < -0.39 is 4.92 Å². The lowest BCUT2D eigenvalue weighted by Crippen LogP contribution is -2.45. The fourth-order valence-corrected chi connectivity index (χ4v) is 3.73. The molecule has 1 heterocycles. The number of carbonyl (C=O) groups excluding carboxylic acids is 1. The Morgan fingerprint density at radius 2 is 1.93 bits per heavy atom. The molecule has 1 atom stereocenters. The third kappa shape index (κ3) is 4.65. The first-order chi connectivity index (χ1) is 13.9. The summed E-state index contributed by atoms with van der Waals surface area (Å²) in [6.45, 7) is 3.91. The van der Waals surface area contributed by atoms with Crippen molar-refractivity contribution in [2.75, 3.05) is 25.9 Å². The molecule has 0 saturated carbocycles. The predicted octanol–water partition coefficient (Wildman–Crippen LogP) is 3.14. The molecule has 1 aliphatic rings. The summed E-state index contributed by atoms with van der Waals surface area (Å²) in [6, 6.07) is 13.1. The number of benzene rings is 2. The van der Waals surface area contributed by atoms with Crippen LogP contribution in [0.1, 0.15) is 41.7 Å². The molecule has 2 aromatic carbocycles. The second kappa shape index (κ2) is 8.91. The Kier molecular flexibility index (Phi) is 6.33. The van der Waals surface area contributed by atoms with Gasteiger partial charge in [-0.05, 0) is 25.3 Å². The molecule has 1 saturated heterocycles. The van der Waals surface area contributed by atoms with Gasteiger partial charge in [0, 0.05) is 37.3 Å². The number of ether oxygens (including phenoxy) is 1. The van der Waals surface area contributed by atoms with Gasteiger partial charge in [0.05, 0.1) is 17.6 Å². The fraction of sp³-hybridized carbons (Fsp3) is 0.381. The van der Waals surface area contributed by atoms with Crippen LogP contribution in [0.5, 0.6) is 5.75 Å². The molecule has 0 radical (unpaired) electrons. The first kappa shape index (κ1) is 20.6. The number of nitro benzene ring substituents is 1. The highest BCUT2D eigenvalue weighted by Crippen LogP contribution is 2.31. The van der Waals surface area contributed by atoms with Crippen molar-refractivity contribution < 1.29 is 14.5 Å². The second-order valence-electron chi connectivity index (χ2n) is 7.24. The summed E-state index contributed by atoms with van der Waals surface area (Å²) in [6.07, 6.45) is 1.62. The molecular weight excluding hydrogens is 372 g/mol. The second-order valence-corrected chi connectivity index (χ2v) is 7.24. The average Bonchev–Trinajstić information content (AvgIpc) is 2.73. The number of nitrogens with two attached hydrogens (primary N) is 1. The van der Waals surface area contributed by atoms with Gasteiger partial charge in [0.15, 0.2) is 0 Å². The summed E-state index contributed by atoms with van der Waals surface area (Å²) in [5, 5.41) is 14.1. The number of nitro groups is 1. The number of anilines is 1. The van der Waals surface area contributed by atoms with Crippen LogP contribution >= 0.6 is 0 Å². The average molecular weight is 398 g/mol. The molecule has 8 nitrogen and oxygen atoms in total. The molecule has 0 aliphatic carbocycles. The first-order valence-electron chi connectivity index (χ1n) is 9.62. The van der Waals surface area contributed by atoms with E-state index in [9.17, 15) is 14.9 Å². The normalized spacial score (nSPS) is 16.2. The molecule has 8 heteroatoms. The smallest absolute Gasteiger partial charge is 0.293 e. The Bertz CT molecular complexity index is 880. The summed E-state index contributed by atoms with van der Waals surface area (Å²) in [4.78, 5) is 25.7. The zero-order chi connectivity index (χ0) is 21.0. The number of carbonyl (C=O) groups is 1. The topological polar surface area (TPSA) is 111 Å². The van der Waals surface area contributed by atoms with Crippen molar-refractivity contribution in [3.8, 4) is 5.75 Å². The molecule has 1 aliphatic heterocycles. The van der Waals surface area contributed by atoms with Crippen LogP contribution in [-0.4, -0.2) is 42.0 Å². The lowest BCUT2D eigenvalue weighted by atomic mass is 9.99. The summed E-state index contributed by atoms with van der Waals surface area (Å²) < 4.78 is 5.20. The van der Waals surface area contributed by atoms with Gasteiger partial charge in [0.25, 0.3) is 11.6 Å². The number of hydrogen-bond acceptors (Lipinski definition) is 6. The van der Waals surface area contributed by atoms with Crippen LogP contribution in [-0.2, 0) is 0 Å². The SMILES string of the molecule is COc1cc(N)c([N+](=O)[O-])cc1C(=O)NC1CCN(C(C)c2ccccc2)CC1. The van der Waals surface area contributed by atoms with Crippen molar-refractivity contribution in [2.45, 2.75) is 31.8 Å². The van der Waals surface area contributed by atoms with Crippen molar-refractivity contribution in [1.29, 1.82) is 0 Å². The molecule has 0 spiro atoms. The zero-order valence-corrected chi connectivity index (χ0v) is 16.6. The van der Waals surface area contributed by atoms with E-state index in [1.54, 1.807) is 0 Å². The summed E-state index contributed by atoms with van der Waals surface area (Å²) >= 11 is 0. The van der Waals surface area contributed by atoms with Gasteiger partial charge >= 0.3 is 0 Å². The van der Waals surface area contributed by atoms with Gasteiger partial charge in [0.1, 0.15) is 11.4 Å². The molecule has 1 fully saturated rings. The Hall–Kier alpha value is -3.13. The van der Waals surface area contributed by atoms with E-state index >= 15 is 0 Å². The van der Waals surface area contributed by atoms with Crippen LogP contribution in [0.25, 0.3) is 0 Å². The third-order valence-electron chi connectivity index (χ3n) is 5.48. The molecular formula is C21H26N4O4. The number of rotatable bonds is 6. The summed E-state index contributed by atoms with van der Waals surface area (Å²) in [5.41, 5.74) is 6.74. The number of piperidine rings is 1. The van der Waals surface area contributed by atoms with Gasteiger partial charge in [-0.2, -0.15) is 0 Å². The number of hydrogen-bond donors (Lipinski definition) is 2. The van der Waals surface area contributed by atoms with Crippen LogP contribution in [0.4, 0.5) is 11.4 Å². The van der Waals surface area contributed by atoms with Gasteiger partial charge < -0.3 is 15.8 Å². The van der Waals surface area contributed by atoms with Gasteiger partial charge in [-0.3, -0.25) is 19.8 Å². The third-order valence-corrected chi connectivity index (χ3v) is 5.48. The van der Waals surface area contributed by atoms with Crippen molar-refractivity contribution in [3.05, 3.63) is 63.7 Å². The Morgan fingerprint density at radius 1 is 1.28 bits per heavy atom. The Morgan fingerprint density at radius 3 is 2.52 bits per heavy atom. The van der Waals surface area contributed by atoms with Gasteiger partial charge in [-0.25, -0.2) is 0 Å². The molecule has 3 rings (SSSR count). The highest BCUT2D eigenvalue weighted by molar-refractivity contribution is 5.98. The van der Waals surface area contributed by atoms with Crippen LogP contribution in [0.2, 0.25) is 0 Å². The van der Waals surface area contributed by atoms with Crippen LogP contribution in [0.15, 0.2) is 42.5 Å². The number of nitrogens with zero attached hydrogens (tertiary/aromatic N) is 2. The molecule has 2 aromatic rings. The van der Waals surface area contributed by atoms with E-state index in [0.717, 1.165) is 25.9 Å². The van der Waals surface area contributed by atoms with Crippen molar-refractivity contribution in [3.63, 3.8) is 0 Å². The molecule has 154 valence electrons. The quantitative estimate of drug-likeness (QED) is 0.439. The number of likely N-dealkylation sites (tertiary alicyclic amines) is 1. The summed E-state index contributed by atoms with van der Waals surface area (Å²) in [5.74, 6) is -0.166. The van der Waals surface area contributed by atoms with E-state index in [4.69, 9.17) is 10.5 Å². The minimum atomic E-state index is -0.602. The summed E-state index contributed by atoms with van der Waals surface area (Å²) in [7, 11) is 1.40. The Balaban J connectivity index is 1.64. The molecule has 3 N–H and O–H groups in total. The van der Waals surface area contributed by atoms with Crippen molar-refractivity contribution >= 4 is 17.3 Å². The minimum Gasteiger partial charge on any atom is -0.496 e. The van der Waals surface area contributed by atoms with Gasteiger partial charge in [-0.15, -0.1) is 0 Å². The first-order valence-corrected chi connectivity index (χ1v) is 9.62. The van der Waals surface area contributed by atoms with E-state index in [1.165, 1.54) is 24.8 Å². The molecule has 0 aromatic heterocycles. The Labute approximate surface area is 169 Å². The molecule has 0 bridgehead atoms. The van der Waals surface area contributed by atoms with E-state index in [-0.39, 0.29) is 34.6 Å². The van der Waals surface area contributed by atoms with Crippen LogP contribution in [0, 0.1) is 10.1 Å². The lowest BCUT2D eigenvalue weighted by molar-refractivity contribution is -0.383.